The van der Waals surface area contributed by atoms with Gasteiger partial charge < -0.3 is 24.8 Å². The normalized spacial score (nSPS) is 15.3. The highest BCUT2D eigenvalue weighted by atomic mass is 16.5. The topological polar surface area (TPSA) is 86.9 Å². The first kappa shape index (κ1) is 18.3. The van der Waals surface area contributed by atoms with E-state index in [4.69, 9.17) is 24.9 Å². The third kappa shape index (κ3) is 3.53. The molecule has 3 rings (SSSR count). The molecule has 0 saturated carbocycles. The maximum Gasteiger partial charge on any atom is 0.248 e. The van der Waals surface area contributed by atoms with E-state index in [9.17, 15) is 4.79 Å². The van der Waals surface area contributed by atoms with E-state index in [1.54, 1.807) is 14.2 Å². The van der Waals surface area contributed by atoms with Crippen molar-refractivity contribution in [3.8, 4) is 11.5 Å². The summed E-state index contributed by atoms with van der Waals surface area (Å²) in [6, 6.07) is 5.68. The number of ether oxygens (including phenoxy) is 3. The summed E-state index contributed by atoms with van der Waals surface area (Å²) in [6.07, 6.45) is 1.68. The van der Waals surface area contributed by atoms with E-state index in [2.05, 4.69) is 0 Å². The SMILES string of the molecule is COCC(=O)N1CCC(c2nc3cc(OC)c(OC)cc3cc2N)CC1. The molecule has 0 aliphatic carbocycles. The van der Waals surface area contributed by atoms with Gasteiger partial charge in [0, 0.05) is 37.6 Å². The number of hydrogen-bond acceptors (Lipinski definition) is 6. The Balaban J connectivity index is 1.84. The lowest BCUT2D eigenvalue weighted by Crippen LogP contribution is -2.40. The maximum absolute atomic E-state index is 11.9. The fourth-order valence-electron chi connectivity index (χ4n) is 3.48. The van der Waals surface area contributed by atoms with Gasteiger partial charge in [0.2, 0.25) is 5.91 Å². The molecule has 140 valence electrons. The van der Waals surface area contributed by atoms with Gasteiger partial charge in [-0.3, -0.25) is 9.78 Å². The second-order valence-corrected chi connectivity index (χ2v) is 6.45. The molecule has 1 amide bonds. The smallest absolute Gasteiger partial charge is 0.248 e. The van der Waals surface area contributed by atoms with E-state index < -0.39 is 0 Å². The number of anilines is 1. The number of carbonyl (C=O) groups is 1. The van der Waals surface area contributed by atoms with Crippen LogP contribution >= 0.6 is 0 Å². The lowest BCUT2D eigenvalue weighted by molar-refractivity contribution is -0.136. The number of methoxy groups -OCH3 is 3. The molecule has 2 heterocycles. The van der Waals surface area contributed by atoms with Crippen LogP contribution < -0.4 is 15.2 Å². The zero-order valence-corrected chi connectivity index (χ0v) is 15.4. The Kier molecular flexibility index (Phi) is 5.46. The largest absolute Gasteiger partial charge is 0.493 e. The second-order valence-electron chi connectivity index (χ2n) is 6.45. The number of piperidine rings is 1. The molecule has 1 saturated heterocycles. The number of rotatable bonds is 5. The second kappa shape index (κ2) is 7.78. The molecule has 7 nitrogen and oxygen atoms in total. The van der Waals surface area contributed by atoms with E-state index in [0.29, 0.717) is 30.3 Å². The number of benzene rings is 1. The molecule has 2 N–H and O–H groups in total. The first-order valence-corrected chi connectivity index (χ1v) is 8.66. The molecule has 7 heteroatoms. The summed E-state index contributed by atoms with van der Waals surface area (Å²) in [5, 5.41) is 0.914. The Labute approximate surface area is 153 Å². The molecule has 0 spiro atoms. The predicted octanol–water partition coefficient (Wildman–Crippen LogP) is 2.19. The van der Waals surface area contributed by atoms with E-state index in [0.717, 1.165) is 29.4 Å². The number of nitrogens with zero attached hydrogens (tertiary/aromatic N) is 2. The zero-order valence-electron chi connectivity index (χ0n) is 15.4. The van der Waals surface area contributed by atoms with Crippen LogP contribution in [0.5, 0.6) is 11.5 Å². The summed E-state index contributed by atoms with van der Waals surface area (Å²) in [5.74, 6) is 1.56. The van der Waals surface area contributed by atoms with Gasteiger partial charge in [0.1, 0.15) is 6.61 Å². The van der Waals surface area contributed by atoms with E-state index in [-0.39, 0.29) is 18.4 Å². The highest BCUT2D eigenvalue weighted by molar-refractivity contribution is 5.86. The molecular weight excluding hydrogens is 334 g/mol. The van der Waals surface area contributed by atoms with Crippen LogP contribution in [0.3, 0.4) is 0 Å². The van der Waals surface area contributed by atoms with Crippen molar-refractivity contribution >= 4 is 22.5 Å². The third-order valence-corrected chi connectivity index (χ3v) is 4.88. The van der Waals surface area contributed by atoms with Crippen LogP contribution in [0.1, 0.15) is 24.5 Å². The summed E-state index contributed by atoms with van der Waals surface area (Å²) in [4.78, 5) is 18.6. The molecule has 1 aliphatic rings. The van der Waals surface area contributed by atoms with Gasteiger partial charge in [0.15, 0.2) is 11.5 Å². The van der Waals surface area contributed by atoms with Gasteiger partial charge in [-0.1, -0.05) is 0 Å². The van der Waals surface area contributed by atoms with Crippen molar-refractivity contribution in [3.05, 3.63) is 23.9 Å². The summed E-state index contributed by atoms with van der Waals surface area (Å²) >= 11 is 0. The Morgan fingerprint density at radius 1 is 1.15 bits per heavy atom. The predicted molar refractivity (Wildman–Crippen MR) is 99.7 cm³/mol. The highest BCUT2D eigenvalue weighted by Gasteiger charge is 2.26. The van der Waals surface area contributed by atoms with Crippen molar-refractivity contribution in [2.24, 2.45) is 0 Å². The van der Waals surface area contributed by atoms with Crippen LogP contribution in [0.2, 0.25) is 0 Å². The fourth-order valence-corrected chi connectivity index (χ4v) is 3.48. The average Bonchev–Trinajstić information content (AvgIpc) is 2.66. The first-order chi connectivity index (χ1) is 12.6. The summed E-state index contributed by atoms with van der Waals surface area (Å²) in [5.41, 5.74) is 8.68. The number of carbonyl (C=O) groups excluding carboxylic acids is 1. The minimum atomic E-state index is 0.0298. The summed E-state index contributed by atoms with van der Waals surface area (Å²) in [7, 11) is 4.75. The lowest BCUT2D eigenvalue weighted by atomic mass is 9.91. The fraction of sp³-hybridized carbons (Fsp3) is 0.474. The van der Waals surface area contributed by atoms with Crippen molar-refractivity contribution in [1.82, 2.24) is 9.88 Å². The van der Waals surface area contributed by atoms with Crippen LogP contribution in [0.25, 0.3) is 10.9 Å². The Hall–Kier alpha value is -2.54. The quantitative estimate of drug-likeness (QED) is 0.880. The Morgan fingerprint density at radius 3 is 2.42 bits per heavy atom. The van der Waals surface area contributed by atoms with Crippen LogP contribution in [0.15, 0.2) is 18.2 Å². The molecular formula is C19H25N3O4. The van der Waals surface area contributed by atoms with Crippen LogP contribution in [-0.4, -0.2) is 56.8 Å². The van der Waals surface area contributed by atoms with Gasteiger partial charge in [-0.25, -0.2) is 0 Å². The zero-order chi connectivity index (χ0) is 18.7. The molecule has 1 aromatic heterocycles. The number of hydrogen-bond donors (Lipinski definition) is 1. The molecule has 0 bridgehead atoms. The van der Waals surface area contributed by atoms with Crippen molar-refractivity contribution < 1.29 is 19.0 Å². The molecule has 26 heavy (non-hydrogen) atoms. The Morgan fingerprint density at radius 2 is 1.81 bits per heavy atom. The van der Waals surface area contributed by atoms with E-state index in [1.165, 1.54) is 7.11 Å². The summed E-state index contributed by atoms with van der Waals surface area (Å²) in [6.45, 7) is 1.51. The van der Waals surface area contributed by atoms with Crippen LogP contribution in [-0.2, 0) is 9.53 Å². The molecule has 0 unspecified atom stereocenters. The van der Waals surface area contributed by atoms with Gasteiger partial charge >= 0.3 is 0 Å². The van der Waals surface area contributed by atoms with Gasteiger partial charge in [-0.15, -0.1) is 0 Å². The number of aromatic nitrogens is 1. The average molecular weight is 359 g/mol. The number of amides is 1. The number of nitrogens with two attached hydrogens (primary N) is 1. The minimum absolute atomic E-state index is 0.0298. The minimum Gasteiger partial charge on any atom is -0.493 e. The standard InChI is InChI=1S/C19H25N3O4/c1-24-11-18(23)22-6-4-12(5-7-22)19-14(20)8-13-9-16(25-2)17(26-3)10-15(13)21-19/h8-10,12H,4-7,11,20H2,1-3H3. The molecule has 1 aromatic carbocycles. The third-order valence-electron chi connectivity index (χ3n) is 4.88. The van der Waals surface area contributed by atoms with Crippen molar-refractivity contribution in [2.75, 3.05) is 46.8 Å². The van der Waals surface area contributed by atoms with Crippen LogP contribution in [0, 0.1) is 0 Å². The van der Waals surface area contributed by atoms with Gasteiger partial charge in [-0.2, -0.15) is 0 Å². The maximum atomic E-state index is 11.9. The van der Waals surface area contributed by atoms with Crippen molar-refractivity contribution in [3.63, 3.8) is 0 Å². The number of nitrogen functional groups attached to an aromatic ring is 1. The molecule has 0 radical (unpaired) electrons. The van der Waals surface area contributed by atoms with Gasteiger partial charge in [-0.05, 0) is 25.0 Å². The van der Waals surface area contributed by atoms with E-state index >= 15 is 0 Å². The van der Waals surface area contributed by atoms with Gasteiger partial charge in [0.05, 0.1) is 31.1 Å². The number of likely N-dealkylation sites (tertiary alicyclic amines) is 1. The van der Waals surface area contributed by atoms with Gasteiger partial charge in [0.25, 0.3) is 0 Å². The monoisotopic (exact) mass is 359 g/mol. The first-order valence-electron chi connectivity index (χ1n) is 8.66. The Bertz CT molecular complexity index is 801. The lowest BCUT2D eigenvalue weighted by Gasteiger charge is -2.32. The highest BCUT2D eigenvalue weighted by Crippen LogP contribution is 2.36. The molecule has 1 aliphatic heterocycles. The number of fused-ring (bicyclic) bond motifs is 1. The summed E-state index contributed by atoms with van der Waals surface area (Å²) < 4.78 is 15.6. The van der Waals surface area contributed by atoms with E-state index in [1.807, 2.05) is 23.1 Å². The van der Waals surface area contributed by atoms with Crippen molar-refractivity contribution in [2.45, 2.75) is 18.8 Å². The van der Waals surface area contributed by atoms with Crippen molar-refractivity contribution in [1.29, 1.82) is 0 Å². The molecule has 1 fully saturated rings. The molecule has 2 aromatic rings. The van der Waals surface area contributed by atoms with Crippen LogP contribution in [0.4, 0.5) is 5.69 Å². The molecule has 0 atom stereocenters. The number of pyridine rings is 1.